The number of hydrogen-bond acceptors (Lipinski definition) is 11. The minimum Gasteiger partial charge on any atom is -0.544 e. The number of quaternary nitrogens is 1. The number of carbonyl (C=O) groups excluding carboxylic acids is 7. The maximum absolute atomic E-state index is 15.8. The van der Waals surface area contributed by atoms with E-state index in [9.17, 15) is 29.2 Å². The van der Waals surface area contributed by atoms with Crippen LogP contribution in [0, 0.1) is 31.1 Å². The molecule has 3 atom stereocenters. The van der Waals surface area contributed by atoms with E-state index < -0.39 is 62.0 Å². The third kappa shape index (κ3) is 19.6. The van der Waals surface area contributed by atoms with Gasteiger partial charge in [0, 0.05) is 103 Å². The predicted octanol–water partition coefficient (Wildman–Crippen LogP) is 16.0. The summed E-state index contributed by atoms with van der Waals surface area (Å²) in [5.41, 5.74) is 18.0. The summed E-state index contributed by atoms with van der Waals surface area (Å²) in [6.45, 7) is 25.2. The molecule has 2 aromatic heterocycles. The summed E-state index contributed by atoms with van der Waals surface area (Å²) in [4.78, 5) is 104. The summed E-state index contributed by atoms with van der Waals surface area (Å²) in [6, 6.07) is 45.6. The van der Waals surface area contributed by atoms with Gasteiger partial charge in [-0.1, -0.05) is 125 Å². The van der Waals surface area contributed by atoms with Crippen LogP contribution in [0.5, 0.6) is 5.75 Å². The largest absolute Gasteiger partial charge is 0.544 e. The number of rotatable bonds is 27. The molecule has 0 saturated heterocycles. The van der Waals surface area contributed by atoms with Crippen molar-refractivity contribution in [2.45, 2.75) is 169 Å². The number of nitrogens with two attached hydrogens (primary N) is 1. The Morgan fingerprint density at radius 2 is 1.40 bits per heavy atom. The first kappa shape index (κ1) is 82.8. The van der Waals surface area contributed by atoms with Gasteiger partial charge in [0.2, 0.25) is 20.1 Å². The molecule has 8 aromatic rings. The molecule has 3 heterocycles. The summed E-state index contributed by atoms with van der Waals surface area (Å²) in [5, 5.41) is 21.7. The Hall–Kier alpha value is -10.7. The first-order valence-corrected chi connectivity index (χ1v) is 41.3. The number of benzene rings is 6. The molecule has 0 spiro atoms. The number of urea groups is 1. The number of carbonyl (C=O) groups is 7. The summed E-state index contributed by atoms with van der Waals surface area (Å²) in [5.74, 6) is -1.57. The second-order valence-electron chi connectivity index (χ2n) is 33.0. The number of hydrogen-bond donors (Lipinski definition) is 5. The second kappa shape index (κ2) is 34.3. The van der Waals surface area contributed by atoms with Gasteiger partial charge in [0.15, 0.2) is 0 Å². The maximum Gasteiger partial charge on any atom is 0.409 e. The predicted molar refractivity (Wildman–Crippen MR) is 438 cm³/mol. The molecule has 1 aliphatic heterocycles. The Bertz CT molecular complexity index is 4800. The number of halogens is 1. The lowest BCUT2D eigenvalue weighted by molar-refractivity contribution is -0.903. The van der Waals surface area contributed by atoms with E-state index in [1.807, 2.05) is 109 Å². The lowest BCUT2D eigenvalue weighted by Crippen LogP contribution is -2.55. The number of fused-ring (bicyclic) bond motifs is 4. The molecular formula is C87H108ClN12O10Si+. The van der Waals surface area contributed by atoms with E-state index in [2.05, 4.69) is 112 Å². The van der Waals surface area contributed by atoms with Crippen LogP contribution in [0.2, 0.25) is 23.2 Å². The van der Waals surface area contributed by atoms with Crippen LogP contribution in [0.3, 0.4) is 0 Å². The molecule has 2 aliphatic rings. The number of nitriles is 1. The second-order valence-corrected chi connectivity index (χ2v) is 38.1. The van der Waals surface area contributed by atoms with Gasteiger partial charge in [0.05, 0.1) is 31.9 Å². The molecule has 0 fully saturated rings. The van der Waals surface area contributed by atoms with Gasteiger partial charge in [0.25, 0.3) is 11.8 Å². The molecule has 10 rings (SSSR count). The highest BCUT2D eigenvalue weighted by molar-refractivity contribution is 6.74. The molecule has 111 heavy (non-hydrogen) atoms. The van der Waals surface area contributed by atoms with Crippen LogP contribution < -0.4 is 36.3 Å². The standard InChI is InChI=1S/C87H107ClN12O10Si/c1-54(2)78(94-84(106)109-86(5,6)7)80(102)93-75(33-24-42-91-83(90)105)79(101)92-62-36-34-59(60(44-62)50-95(11)85(107)108-53-74-69-31-22-20-29-67(69)68-30-21-23-32-70(68)74)52-100(14,15)43-25-28-64-45-57-26-18-19-27-58(57)51-98(64)81(103)71-41-35-61(88)46-73(71)77-48-72(55(3)97(77)13)82(104)99(76-47-65(49-89)96(12)56(76)4)63-37-39-66(40-38-63)110-111(16,17)87(8,9)10/h18-23,26-27,29-32,34-41,44,46-48,54,64,74-75,78H,24-25,28,33,42-43,45,50-53H2,1-17H3,(H5-,90,91,92,93,94,101,102,105,106)/p+1/t64-,75+,78+/m1/s1. The van der Waals surface area contributed by atoms with Crippen molar-refractivity contribution in [1.29, 1.82) is 5.26 Å². The fraction of sp³-hybridized carbons (Fsp3) is 0.402. The smallest absolute Gasteiger partial charge is 0.409 e. The number of alkyl carbamates (subject to hydrolysis) is 1. The number of nitrogens with zero attached hydrogens (tertiary/aromatic N) is 7. The SMILES string of the molecule is Cc1c(N(C(=O)c2cc(-c3cc(Cl)ccc3C(=O)N3Cc4ccccc4C[C@H]3CCC[N+](C)(C)Cc3ccc(NC(=O)[C@H](CCCNC(N)=O)NC(=O)[C@@H](NC(=O)OC(C)(C)C)C(C)C)cc3CN(C)C(=O)OCC3c4ccccc4-c4ccccc43)n(C)c2C)c2ccc(O[Si](C)(C)C(C)(C)C)cc2)cc(C#N)n1C. The molecule has 22 nitrogen and oxygen atoms in total. The molecule has 6 N–H and O–H groups in total. The van der Waals surface area contributed by atoms with Gasteiger partial charge in [-0.25, -0.2) is 14.4 Å². The highest BCUT2D eigenvalue weighted by Crippen LogP contribution is 2.46. The normalized spacial score (nSPS) is 14.1. The molecule has 0 unspecified atom stereocenters. The summed E-state index contributed by atoms with van der Waals surface area (Å²) < 4.78 is 22.5. The first-order valence-electron chi connectivity index (χ1n) is 38.0. The minimum atomic E-state index is -2.21. The van der Waals surface area contributed by atoms with Crippen LogP contribution in [0.1, 0.15) is 158 Å². The number of amides is 8. The molecule has 24 heteroatoms. The van der Waals surface area contributed by atoms with Gasteiger partial charge < -0.3 is 64.3 Å². The van der Waals surface area contributed by atoms with E-state index in [4.69, 9.17) is 31.2 Å². The summed E-state index contributed by atoms with van der Waals surface area (Å²) >= 11 is 6.93. The van der Waals surface area contributed by atoms with E-state index in [0.717, 1.165) is 44.5 Å². The average molecular weight is 1550 g/mol. The van der Waals surface area contributed by atoms with Gasteiger partial charge in [-0.3, -0.25) is 24.1 Å². The number of nitrogens with one attached hydrogen (secondary N) is 4. The van der Waals surface area contributed by atoms with Gasteiger partial charge in [0.1, 0.15) is 48.3 Å². The van der Waals surface area contributed by atoms with Crippen molar-refractivity contribution < 1.29 is 51.9 Å². The van der Waals surface area contributed by atoms with Crippen molar-refractivity contribution >= 4 is 78.8 Å². The van der Waals surface area contributed by atoms with Crippen LogP contribution in [-0.2, 0) is 59.2 Å². The molecule has 1 aliphatic carbocycles. The molecule has 586 valence electrons. The van der Waals surface area contributed by atoms with Gasteiger partial charge >= 0.3 is 18.2 Å². The van der Waals surface area contributed by atoms with Crippen LogP contribution in [0.4, 0.5) is 31.4 Å². The third-order valence-corrected chi connectivity index (χ3v) is 26.5. The van der Waals surface area contributed by atoms with Crippen molar-refractivity contribution in [2.75, 3.05) is 51.1 Å². The zero-order valence-electron chi connectivity index (χ0n) is 67.2. The number of primary amides is 1. The minimum absolute atomic E-state index is 0.0439. The van der Waals surface area contributed by atoms with Crippen LogP contribution in [0.15, 0.2) is 146 Å². The molecule has 0 radical (unpaired) electrons. The summed E-state index contributed by atoms with van der Waals surface area (Å²) in [7, 11) is 7.43. The fourth-order valence-electron chi connectivity index (χ4n) is 14.5. The Morgan fingerprint density at radius 3 is 2.02 bits per heavy atom. The molecule has 0 bridgehead atoms. The lowest BCUT2D eigenvalue weighted by Gasteiger charge is -2.38. The first-order chi connectivity index (χ1) is 52.3. The average Bonchev–Trinajstić information content (AvgIpc) is 1.66. The topological polar surface area (TPSA) is 265 Å². The van der Waals surface area contributed by atoms with Gasteiger partial charge in [-0.05, 0) is 196 Å². The molecule has 6 aromatic carbocycles. The van der Waals surface area contributed by atoms with E-state index in [0.29, 0.717) is 111 Å². The van der Waals surface area contributed by atoms with Crippen LogP contribution in [0.25, 0.3) is 22.4 Å². The maximum atomic E-state index is 15.8. The highest BCUT2D eigenvalue weighted by atomic mass is 35.5. The zero-order chi connectivity index (χ0) is 80.8. The number of anilines is 3. The Kier molecular flexibility index (Phi) is 25.6. The number of ether oxygens (including phenoxy) is 2. The third-order valence-electron chi connectivity index (χ3n) is 21.9. The molecule has 0 saturated carbocycles. The van der Waals surface area contributed by atoms with Crippen molar-refractivity contribution in [2.24, 2.45) is 25.7 Å². The van der Waals surface area contributed by atoms with Crippen molar-refractivity contribution in [3.05, 3.63) is 212 Å². The monoisotopic (exact) mass is 1540 g/mol. The Labute approximate surface area is 659 Å². The molecular weight excluding hydrogens is 1440 g/mol. The molecule has 8 amide bonds. The van der Waals surface area contributed by atoms with E-state index >= 15 is 9.59 Å². The zero-order valence-corrected chi connectivity index (χ0v) is 68.9. The van der Waals surface area contributed by atoms with E-state index in [1.165, 1.54) is 4.90 Å². The van der Waals surface area contributed by atoms with Crippen LogP contribution in [-0.4, -0.2) is 138 Å². The fourth-order valence-corrected chi connectivity index (χ4v) is 15.7. The van der Waals surface area contributed by atoms with Crippen molar-refractivity contribution in [1.82, 2.24) is 34.9 Å². The van der Waals surface area contributed by atoms with E-state index in [-0.39, 0.29) is 61.4 Å². The lowest BCUT2D eigenvalue weighted by atomic mass is 9.90. The summed E-state index contributed by atoms with van der Waals surface area (Å²) in [6.07, 6.45) is 0.971. The quantitative estimate of drug-likeness (QED) is 0.0184. The van der Waals surface area contributed by atoms with Crippen molar-refractivity contribution in [3.8, 4) is 34.2 Å². The number of aromatic nitrogens is 2. The highest BCUT2D eigenvalue weighted by Gasteiger charge is 2.40. The van der Waals surface area contributed by atoms with Crippen LogP contribution >= 0.6 is 11.6 Å². The Balaban J connectivity index is 0.909. The van der Waals surface area contributed by atoms with E-state index in [1.54, 1.807) is 88.5 Å². The Morgan fingerprint density at radius 1 is 0.748 bits per heavy atom. The van der Waals surface area contributed by atoms with Crippen molar-refractivity contribution in [3.63, 3.8) is 0 Å². The van der Waals surface area contributed by atoms with Gasteiger partial charge in [-0.2, -0.15) is 5.26 Å². The van der Waals surface area contributed by atoms with Gasteiger partial charge in [-0.15, -0.1) is 0 Å².